The fourth-order valence-electron chi connectivity index (χ4n) is 1.93. The summed E-state index contributed by atoms with van der Waals surface area (Å²) in [7, 11) is 6.07. The number of fused-ring (bicyclic) bond motifs is 1. The highest BCUT2D eigenvalue weighted by molar-refractivity contribution is 6.18. The zero-order valence-corrected chi connectivity index (χ0v) is 8.92. The fraction of sp³-hybridized carbons (Fsp3) is 0.417. The van der Waals surface area contributed by atoms with E-state index in [1.165, 1.54) is 11.1 Å². The molecule has 3 heteroatoms. The fourth-order valence-corrected chi connectivity index (χ4v) is 1.93. The van der Waals surface area contributed by atoms with Crippen LogP contribution < -0.4 is 5.32 Å². The van der Waals surface area contributed by atoms with Crippen molar-refractivity contribution in [2.24, 2.45) is 0 Å². The number of hydrogen-bond acceptors (Lipinski definition) is 1. The lowest BCUT2D eigenvalue weighted by Crippen LogP contribution is -2.22. The van der Waals surface area contributed by atoms with Gasteiger partial charge in [0, 0.05) is 13.0 Å². The predicted molar refractivity (Wildman–Crippen MR) is 61.7 cm³/mol. The summed E-state index contributed by atoms with van der Waals surface area (Å²) in [4.78, 5) is 11.3. The first-order valence-electron chi connectivity index (χ1n) is 5.23. The van der Waals surface area contributed by atoms with E-state index >= 15 is 0 Å². The van der Waals surface area contributed by atoms with Gasteiger partial charge in [-0.05, 0) is 22.9 Å². The lowest BCUT2D eigenvalue weighted by Gasteiger charge is -2.16. The Bertz CT molecular complexity index is 377. The Hall–Kier alpha value is -1.25. The maximum Gasteiger partial charge on any atom is 0.220 e. The first-order valence-corrected chi connectivity index (χ1v) is 5.23. The van der Waals surface area contributed by atoms with Crippen molar-refractivity contribution in [3.8, 4) is 0 Å². The van der Waals surface area contributed by atoms with Crippen LogP contribution in [-0.4, -0.2) is 20.3 Å². The van der Waals surface area contributed by atoms with Gasteiger partial charge in [-0.25, -0.2) is 0 Å². The van der Waals surface area contributed by atoms with Crippen LogP contribution in [0.2, 0.25) is 5.31 Å². The molecule has 0 aromatic rings. The first kappa shape index (κ1) is 10.3. The Kier molecular flexibility index (Phi) is 2.55. The van der Waals surface area contributed by atoms with Crippen molar-refractivity contribution < 1.29 is 4.79 Å². The Balaban J connectivity index is 2.34. The van der Waals surface area contributed by atoms with Crippen molar-refractivity contribution in [1.29, 1.82) is 0 Å². The molecule has 0 spiro atoms. The SMILES string of the molecule is [B]C1(C)C=CC=C2CNC(=O)CCC2=C1. The summed E-state index contributed by atoms with van der Waals surface area (Å²) in [6, 6.07) is 0. The molecule has 1 unspecified atom stereocenters. The van der Waals surface area contributed by atoms with E-state index in [4.69, 9.17) is 7.85 Å². The molecule has 1 aliphatic carbocycles. The minimum absolute atomic E-state index is 0.118. The van der Waals surface area contributed by atoms with Crippen LogP contribution in [0, 0.1) is 0 Å². The number of carbonyl (C=O) groups is 1. The number of allylic oxidation sites excluding steroid dienone is 4. The van der Waals surface area contributed by atoms with E-state index in [0.29, 0.717) is 13.0 Å². The second-order valence-electron chi connectivity index (χ2n) is 4.36. The molecule has 1 aliphatic heterocycles. The van der Waals surface area contributed by atoms with Gasteiger partial charge in [0.25, 0.3) is 0 Å². The van der Waals surface area contributed by atoms with Gasteiger partial charge in [0.1, 0.15) is 0 Å². The summed E-state index contributed by atoms with van der Waals surface area (Å²) >= 11 is 0. The molecule has 0 bridgehead atoms. The highest BCUT2D eigenvalue weighted by atomic mass is 16.1. The Morgan fingerprint density at radius 2 is 2.20 bits per heavy atom. The van der Waals surface area contributed by atoms with E-state index in [9.17, 15) is 4.79 Å². The quantitative estimate of drug-likeness (QED) is 0.590. The third-order valence-electron chi connectivity index (χ3n) is 2.75. The van der Waals surface area contributed by atoms with Crippen molar-refractivity contribution >= 4 is 13.8 Å². The van der Waals surface area contributed by atoms with E-state index in [1.807, 2.05) is 25.2 Å². The Labute approximate surface area is 91.5 Å². The number of hydrogen-bond donors (Lipinski definition) is 1. The number of carbonyl (C=O) groups excluding carboxylic acids is 1. The van der Waals surface area contributed by atoms with E-state index in [-0.39, 0.29) is 5.91 Å². The molecule has 76 valence electrons. The van der Waals surface area contributed by atoms with Crippen molar-refractivity contribution in [3.63, 3.8) is 0 Å². The normalized spacial score (nSPS) is 30.6. The van der Waals surface area contributed by atoms with Crippen molar-refractivity contribution in [1.82, 2.24) is 5.32 Å². The molecule has 1 atom stereocenters. The summed E-state index contributed by atoms with van der Waals surface area (Å²) < 4.78 is 0. The van der Waals surface area contributed by atoms with Crippen LogP contribution in [0.25, 0.3) is 0 Å². The van der Waals surface area contributed by atoms with Crippen LogP contribution in [-0.2, 0) is 4.79 Å². The average Bonchev–Trinajstić information content (AvgIpc) is 2.39. The van der Waals surface area contributed by atoms with Gasteiger partial charge in [0.05, 0.1) is 7.85 Å². The molecular weight excluding hydrogens is 185 g/mol. The summed E-state index contributed by atoms with van der Waals surface area (Å²) in [5, 5.41) is 2.47. The minimum Gasteiger partial charge on any atom is -0.352 e. The molecule has 1 N–H and O–H groups in total. The van der Waals surface area contributed by atoms with Crippen molar-refractivity contribution in [2.75, 3.05) is 6.54 Å². The third kappa shape index (κ3) is 2.41. The van der Waals surface area contributed by atoms with Gasteiger partial charge in [0.15, 0.2) is 0 Å². The van der Waals surface area contributed by atoms with Gasteiger partial charge in [-0.15, -0.1) is 0 Å². The van der Waals surface area contributed by atoms with Crippen LogP contribution in [0.5, 0.6) is 0 Å². The highest BCUT2D eigenvalue weighted by Crippen LogP contribution is 2.33. The molecule has 1 saturated heterocycles. The molecule has 15 heavy (non-hydrogen) atoms. The van der Waals surface area contributed by atoms with E-state index in [2.05, 4.69) is 11.4 Å². The molecule has 1 amide bonds. The molecule has 1 fully saturated rings. The summed E-state index contributed by atoms with van der Waals surface area (Å²) in [5.41, 5.74) is 2.37. The molecule has 1 heterocycles. The lowest BCUT2D eigenvalue weighted by atomic mass is 9.69. The molecule has 0 aromatic carbocycles. The van der Waals surface area contributed by atoms with Crippen LogP contribution >= 0.6 is 0 Å². The first-order chi connectivity index (χ1) is 7.07. The predicted octanol–water partition coefficient (Wildman–Crippen LogP) is 1.67. The largest absolute Gasteiger partial charge is 0.352 e. The third-order valence-corrected chi connectivity index (χ3v) is 2.75. The summed E-state index contributed by atoms with van der Waals surface area (Å²) in [5.74, 6) is 0.118. The number of amides is 1. The maximum absolute atomic E-state index is 11.3. The topological polar surface area (TPSA) is 29.1 Å². The van der Waals surface area contributed by atoms with Crippen LogP contribution in [0.15, 0.2) is 35.5 Å². The smallest absolute Gasteiger partial charge is 0.220 e. The summed E-state index contributed by atoms with van der Waals surface area (Å²) in [6.07, 6.45) is 9.38. The van der Waals surface area contributed by atoms with Gasteiger partial charge in [-0.3, -0.25) is 4.79 Å². The molecule has 0 saturated carbocycles. The molecular formula is C12H14BNO. The summed E-state index contributed by atoms with van der Waals surface area (Å²) in [6.45, 7) is 2.58. The van der Waals surface area contributed by atoms with E-state index < -0.39 is 5.31 Å². The molecule has 2 rings (SSSR count). The van der Waals surface area contributed by atoms with Gasteiger partial charge in [0.2, 0.25) is 5.91 Å². The molecule has 2 aliphatic rings. The lowest BCUT2D eigenvalue weighted by molar-refractivity contribution is -0.120. The van der Waals surface area contributed by atoms with Crippen LogP contribution in [0.1, 0.15) is 19.8 Å². The second kappa shape index (κ2) is 3.72. The average molecular weight is 199 g/mol. The minimum atomic E-state index is -0.402. The monoisotopic (exact) mass is 199 g/mol. The number of nitrogens with one attached hydrogen (secondary N) is 1. The van der Waals surface area contributed by atoms with Crippen LogP contribution in [0.4, 0.5) is 0 Å². The zero-order chi connectivity index (χ0) is 10.9. The standard InChI is InChI=1S/C12H14BNO/c1-12(13)6-2-3-10-8-14-11(15)5-4-9(10)7-12/h2-3,6-7H,4-5,8H2,1H3,(H,14,15). The van der Waals surface area contributed by atoms with Gasteiger partial charge < -0.3 is 5.32 Å². The van der Waals surface area contributed by atoms with Crippen molar-refractivity contribution in [2.45, 2.75) is 25.1 Å². The Morgan fingerprint density at radius 3 is 3.00 bits per heavy atom. The maximum atomic E-state index is 11.3. The van der Waals surface area contributed by atoms with Gasteiger partial charge in [-0.1, -0.05) is 31.2 Å². The highest BCUT2D eigenvalue weighted by Gasteiger charge is 2.19. The van der Waals surface area contributed by atoms with Gasteiger partial charge in [-0.2, -0.15) is 0 Å². The number of rotatable bonds is 0. The zero-order valence-electron chi connectivity index (χ0n) is 8.92. The second-order valence-corrected chi connectivity index (χ2v) is 4.36. The molecule has 0 aromatic heterocycles. The van der Waals surface area contributed by atoms with E-state index in [0.717, 1.165) is 6.42 Å². The molecule has 2 nitrogen and oxygen atoms in total. The van der Waals surface area contributed by atoms with Crippen molar-refractivity contribution in [3.05, 3.63) is 35.5 Å². The van der Waals surface area contributed by atoms with E-state index in [1.54, 1.807) is 0 Å². The van der Waals surface area contributed by atoms with Gasteiger partial charge >= 0.3 is 0 Å². The van der Waals surface area contributed by atoms with Crippen LogP contribution in [0.3, 0.4) is 0 Å². The molecule has 2 radical (unpaired) electrons. The Morgan fingerprint density at radius 1 is 1.40 bits per heavy atom.